The maximum Gasteiger partial charge on any atom is 0.174 e. The van der Waals surface area contributed by atoms with E-state index in [2.05, 4.69) is 28.2 Å². The summed E-state index contributed by atoms with van der Waals surface area (Å²) in [6, 6.07) is 7.37. The second kappa shape index (κ2) is 6.80. The van der Waals surface area contributed by atoms with Gasteiger partial charge in [-0.3, -0.25) is 0 Å². The summed E-state index contributed by atoms with van der Waals surface area (Å²) in [4.78, 5) is 0. The first-order chi connectivity index (χ1) is 9.13. The van der Waals surface area contributed by atoms with Crippen molar-refractivity contribution in [2.45, 2.75) is 19.4 Å². The van der Waals surface area contributed by atoms with Gasteiger partial charge in [-0.2, -0.15) is 0 Å². The van der Waals surface area contributed by atoms with Crippen molar-refractivity contribution in [3.8, 4) is 0 Å². The van der Waals surface area contributed by atoms with Crippen LogP contribution in [-0.4, -0.2) is 6.54 Å². The van der Waals surface area contributed by atoms with Gasteiger partial charge in [0.15, 0.2) is 4.67 Å². The van der Waals surface area contributed by atoms with Crippen LogP contribution in [0.2, 0.25) is 10.0 Å². The molecule has 0 aliphatic carbocycles. The molecule has 0 radical (unpaired) electrons. The number of furan rings is 1. The summed E-state index contributed by atoms with van der Waals surface area (Å²) in [5.41, 5.74) is 1.96. The Balaban J connectivity index is 2.42. The van der Waals surface area contributed by atoms with Crippen molar-refractivity contribution in [3.63, 3.8) is 0 Å². The van der Waals surface area contributed by atoms with Crippen LogP contribution in [0.25, 0.3) is 0 Å². The quantitative estimate of drug-likeness (QED) is 0.766. The molecule has 0 amide bonds. The van der Waals surface area contributed by atoms with Crippen LogP contribution in [0.3, 0.4) is 0 Å². The Labute approximate surface area is 131 Å². The van der Waals surface area contributed by atoms with E-state index in [9.17, 15) is 0 Å². The first kappa shape index (κ1) is 14.9. The molecule has 19 heavy (non-hydrogen) atoms. The molecule has 102 valence electrons. The zero-order chi connectivity index (χ0) is 13.8. The van der Waals surface area contributed by atoms with Gasteiger partial charge < -0.3 is 9.73 Å². The molecule has 0 spiro atoms. The third-order valence-electron chi connectivity index (χ3n) is 2.82. The second-order valence-electron chi connectivity index (χ2n) is 4.20. The molecule has 0 saturated heterocycles. The lowest BCUT2D eigenvalue weighted by Gasteiger charge is -2.19. The maximum atomic E-state index is 6.29. The summed E-state index contributed by atoms with van der Waals surface area (Å²) in [5, 5.41) is 4.82. The largest absolute Gasteiger partial charge is 0.457 e. The highest BCUT2D eigenvalue weighted by atomic mass is 79.9. The number of rotatable bonds is 5. The minimum absolute atomic E-state index is 0.0423. The summed E-state index contributed by atoms with van der Waals surface area (Å²) in [6.07, 6.45) is 2.68. The van der Waals surface area contributed by atoms with Gasteiger partial charge in [0.1, 0.15) is 0 Å². The molecule has 0 saturated carbocycles. The summed E-state index contributed by atoms with van der Waals surface area (Å²) in [6.45, 7) is 3.00. The van der Waals surface area contributed by atoms with Crippen molar-refractivity contribution < 1.29 is 4.42 Å². The number of hydrogen-bond acceptors (Lipinski definition) is 2. The summed E-state index contributed by atoms with van der Waals surface area (Å²) < 4.78 is 6.02. The Morgan fingerprint density at radius 2 is 2.05 bits per heavy atom. The Kier molecular flexibility index (Phi) is 5.34. The van der Waals surface area contributed by atoms with Crippen molar-refractivity contribution >= 4 is 39.1 Å². The number of benzene rings is 1. The highest BCUT2D eigenvalue weighted by Crippen LogP contribution is 2.34. The Hall–Kier alpha value is -0.480. The standard InChI is InChI=1S/C14H14BrCl2NO/c1-2-6-18-13(10-5-7-19-14(10)15)11-8-9(16)3-4-12(11)17/h3-5,7-8,13,18H,2,6H2,1H3. The van der Waals surface area contributed by atoms with Gasteiger partial charge in [-0.25, -0.2) is 0 Å². The van der Waals surface area contributed by atoms with E-state index < -0.39 is 0 Å². The van der Waals surface area contributed by atoms with Crippen molar-refractivity contribution in [2.24, 2.45) is 0 Å². The highest BCUT2D eigenvalue weighted by Gasteiger charge is 2.20. The molecule has 2 rings (SSSR count). The van der Waals surface area contributed by atoms with E-state index in [4.69, 9.17) is 27.6 Å². The molecule has 1 heterocycles. The van der Waals surface area contributed by atoms with E-state index in [0.717, 1.165) is 24.1 Å². The molecule has 0 aliphatic heterocycles. The normalized spacial score (nSPS) is 12.6. The Bertz CT molecular complexity index is 556. The lowest BCUT2D eigenvalue weighted by Crippen LogP contribution is -2.23. The predicted octanol–water partition coefficient (Wildman–Crippen LogP) is 5.44. The first-order valence-corrected chi connectivity index (χ1v) is 7.59. The van der Waals surface area contributed by atoms with Crippen LogP contribution in [0.1, 0.15) is 30.5 Å². The summed E-state index contributed by atoms with van der Waals surface area (Å²) in [7, 11) is 0. The monoisotopic (exact) mass is 361 g/mol. The van der Waals surface area contributed by atoms with Crippen LogP contribution in [0.5, 0.6) is 0 Å². The predicted molar refractivity (Wildman–Crippen MR) is 83.0 cm³/mol. The molecule has 2 aromatic rings. The smallest absolute Gasteiger partial charge is 0.174 e. The van der Waals surface area contributed by atoms with E-state index in [1.165, 1.54) is 0 Å². The van der Waals surface area contributed by atoms with E-state index in [0.29, 0.717) is 14.7 Å². The fourth-order valence-corrected chi connectivity index (χ4v) is 2.80. The molecule has 1 unspecified atom stereocenters. The maximum absolute atomic E-state index is 6.29. The average molecular weight is 363 g/mol. The van der Waals surface area contributed by atoms with Gasteiger partial charge in [0.25, 0.3) is 0 Å². The van der Waals surface area contributed by atoms with Crippen molar-refractivity contribution in [1.82, 2.24) is 5.32 Å². The van der Waals surface area contributed by atoms with Gasteiger partial charge in [0.05, 0.1) is 12.3 Å². The van der Waals surface area contributed by atoms with Crippen LogP contribution >= 0.6 is 39.1 Å². The minimum atomic E-state index is -0.0423. The van der Waals surface area contributed by atoms with Crippen LogP contribution in [0.15, 0.2) is 39.6 Å². The van der Waals surface area contributed by atoms with Crippen molar-refractivity contribution in [2.75, 3.05) is 6.54 Å². The molecule has 1 atom stereocenters. The average Bonchev–Trinajstić information content (AvgIpc) is 2.80. The number of hydrogen-bond donors (Lipinski definition) is 1. The molecule has 2 nitrogen and oxygen atoms in total. The van der Waals surface area contributed by atoms with Crippen LogP contribution in [0.4, 0.5) is 0 Å². The number of halogens is 3. The molecule has 0 bridgehead atoms. The zero-order valence-corrected chi connectivity index (χ0v) is 13.5. The van der Waals surface area contributed by atoms with E-state index in [1.807, 2.05) is 18.2 Å². The fourth-order valence-electron chi connectivity index (χ4n) is 1.92. The molecule has 1 N–H and O–H groups in total. The fraction of sp³-hybridized carbons (Fsp3) is 0.286. The summed E-state index contributed by atoms with van der Waals surface area (Å²) in [5.74, 6) is 0. The molecule has 0 aliphatic rings. The van der Waals surface area contributed by atoms with Crippen LogP contribution < -0.4 is 5.32 Å². The van der Waals surface area contributed by atoms with Gasteiger partial charge in [0.2, 0.25) is 0 Å². The minimum Gasteiger partial charge on any atom is -0.457 e. The molecule has 1 aromatic heterocycles. The molecular weight excluding hydrogens is 349 g/mol. The zero-order valence-electron chi connectivity index (χ0n) is 10.4. The molecule has 0 fully saturated rings. The molecule has 1 aromatic carbocycles. The molecular formula is C14H14BrCl2NO. The van der Waals surface area contributed by atoms with Crippen molar-refractivity contribution in [3.05, 3.63) is 56.4 Å². The van der Waals surface area contributed by atoms with Gasteiger partial charge in [-0.05, 0) is 58.7 Å². The lowest BCUT2D eigenvalue weighted by atomic mass is 10.0. The van der Waals surface area contributed by atoms with Gasteiger partial charge in [-0.15, -0.1) is 0 Å². The SMILES string of the molecule is CCCNC(c1cc(Cl)ccc1Cl)c1ccoc1Br. The van der Waals surface area contributed by atoms with Gasteiger partial charge in [0, 0.05) is 15.6 Å². The third kappa shape index (κ3) is 3.54. The van der Waals surface area contributed by atoms with Crippen molar-refractivity contribution in [1.29, 1.82) is 0 Å². The number of nitrogens with one attached hydrogen (secondary N) is 1. The van der Waals surface area contributed by atoms with Crippen LogP contribution in [0, 0.1) is 0 Å². The van der Waals surface area contributed by atoms with E-state index in [1.54, 1.807) is 12.3 Å². The van der Waals surface area contributed by atoms with E-state index in [-0.39, 0.29) is 6.04 Å². The summed E-state index contributed by atoms with van der Waals surface area (Å²) >= 11 is 15.8. The van der Waals surface area contributed by atoms with Gasteiger partial charge in [-0.1, -0.05) is 30.1 Å². The topological polar surface area (TPSA) is 25.2 Å². The Morgan fingerprint density at radius 3 is 2.68 bits per heavy atom. The van der Waals surface area contributed by atoms with Gasteiger partial charge >= 0.3 is 0 Å². The second-order valence-corrected chi connectivity index (χ2v) is 5.77. The molecule has 5 heteroatoms. The van der Waals surface area contributed by atoms with E-state index >= 15 is 0 Å². The Morgan fingerprint density at radius 1 is 1.26 bits per heavy atom. The van der Waals surface area contributed by atoms with Crippen LogP contribution in [-0.2, 0) is 0 Å². The highest BCUT2D eigenvalue weighted by molar-refractivity contribution is 9.10. The first-order valence-electron chi connectivity index (χ1n) is 6.04. The lowest BCUT2D eigenvalue weighted by molar-refractivity contribution is 0.523. The third-order valence-corrected chi connectivity index (χ3v) is 4.05.